The van der Waals surface area contributed by atoms with Crippen LogP contribution in [-0.2, 0) is 11.2 Å². The van der Waals surface area contributed by atoms with E-state index >= 15 is 0 Å². The van der Waals surface area contributed by atoms with Crippen molar-refractivity contribution in [2.45, 2.75) is 25.3 Å². The van der Waals surface area contributed by atoms with E-state index in [0.717, 1.165) is 36.5 Å². The molecular weight excluding hydrogens is 316 g/mol. The van der Waals surface area contributed by atoms with Crippen molar-refractivity contribution in [2.24, 2.45) is 0 Å². The number of amides is 1. The summed E-state index contributed by atoms with van der Waals surface area (Å²) in [6.45, 7) is 1.92. The lowest BCUT2D eigenvalue weighted by Crippen LogP contribution is -2.47. The summed E-state index contributed by atoms with van der Waals surface area (Å²) in [7, 11) is 0. The summed E-state index contributed by atoms with van der Waals surface area (Å²) in [5, 5.41) is 6.07. The highest BCUT2D eigenvalue weighted by Gasteiger charge is 2.26. The van der Waals surface area contributed by atoms with Crippen molar-refractivity contribution in [2.75, 3.05) is 18.0 Å². The Balaban J connectivity index is 1.84. The van der Waals surface area contributed by atoms with Gasteiger partial charge in [-0.05, 0) is 61.6 Å². The number of anilines is 1. The number of nitrogens with zero attached hydrogens (tertiary/aromatic N) is 1. The maximum Gasteiger partial charge on any atom is 0.232 e. The van der Waals surface area contributed by atoms with Crippen LogP contribution in [0.25, 0.3) is 0 Å². The molecule has 0 bridgehead atoms. The van der Waals surface area contributed by atoms with Crippen molar-refractivity contribution in [3.8, 4) is 0 Å². The van der Waals surface area contributed by atoms with Crippen LogP contribution in [0.4, 0.5) is 5.69 Å². The average molecular weight is 335 g/mol. The minimum absolute atomic E-state index is 0.164. The molecule has 1 fully saturated rings. The number of hydrogen-bond acceptors (Lipinski definition) is 3. The molecular formula is C17H19ClN2OS. The molecule has 1 amide bonds. The quantitative estimate of drug-likeness (QED) is 0.924. The Labute approximate surface area is 139 Å². The zero-order chi connectivity index (χ0) is 15.4. The molecule has 116 valence electrons. The van der Waals surface area contributed by atoms with Crippen LogP contribution >= 0.6 is 22.9 Å². The number of benzene rings is 1. The Kier molecular flexibility index (Phi) is 5.13. The van der Waals surface area contributed by atoms with Gasteiger partial charge in [-0.1, -0.05) is 17.7 Å². The van der Waals surface area contributed by atoms with Crippen LogP contribution < -0.4 is 10.2 Å². The molecule has 2 aromatic rings. The lowest BCUT2D eigenvalue weighted by molar-refractivity contribution is -0.118. The smallest absolute Gasteiger partial charge is 0.232 e. The van der Waals surface area contributed by atoms with Crippen molar-refractivity contribution in [1.82, 2.24) is 5.32 Å². The van der Waals surface area contributed by atoms with Gasteiger partial charge in [-0.15, -0.1) is 11.3 Å². The van der Waals surface area contributed by atoms with E-state index in [1.165, 1.54) is 0 Å². The van der Waals surface area contributed by atoms with Crippen LogP contribution in [0.1, 0.15) is 17.7 Å². The van der Waals surface area contributed by atoms with Crippen LogP contribution in [0.2, 0.25) is 5.02 Å². The predicted octanol–water partition coefficient (Wildman–Crippen LogP) is 3.73. The fourth-order valence-corrected chi connectivity index (χ4v) is 3.69. The van der Waals surface area contributed by atoms with Crippen LogP contribution in [-0.4, -0.2) is 25.0 Å². The number of thiophene rings is 1. The monoisotopic (exact) mass is 334 g/mol. The van der Waals surface area contributed by atoms with Crippen molar-refractivity contribution in [3.63, 3.8) is 0 Å². The minimum atomic E-state index is 0.164. The zero-order valence-electron chi connectivity index (χ0n) is 12.3. The summed E-state index contributed by atoms with van der Waals surface area (Å²) >= 11 is 7.62. The molecule has 5 heteroatoms. The van der Waals surface area contributed by atoms with Gasteiger partial charge in [0.15, 0.2) is 0 Å². The van der Waals surface area contributed by atoms with Crippen LogP contribution in [0.15, 0.2) is 41.8 Å². The number of halogens is 1. The normalized spacial score (nSPS) is 15.7. The lowest BCUT2D eigenvalue weighted by atomic mass is 10.0. The number of carbonyl (C=O) groups is 1. The highest BCUT2D eigenvalue weighted by atomic mass is 35.5. The van der Waals surface area contributed by atoms with E-state index < -0.39 is 0 Å². The summed E-state index contributed by atoms with van der Waals surface area (Å²) in [5.74, 6) is 0.164. The van der Waals surface area contributed by atoms with Gasteiger partial charge < -0.3 is 10.2 Å². The zero-order valence-corrected chi connectivity index (χ0v) is 13.9. The lowest BCUT2D eigenvalue weighted by Gasteiger charge is -2.35. The topological polar surface area (TPSA) is 32.3 Å². The van der Waals surface area contributed by atoms with Crippen molar-refractivity contribution < 1.29 is 4.79 Å². The first-order chi connectivity index (χ1) is 10.7. The Morgan fingerprint density at radius 1 is 1.23 bits per heavy atom. The number of hydrogen-bond donors (Lipinski definition) is 1. The molecule has 1 N–H and O–H groups in total. The van der Waals surface area contributed by atoms with E-state index in [2.05, 4.69) is 5.32 Å². The number of piperidine rings is 1. The minimum Gasteiger partial charge on any atom is -0.317 e. The van der Waals surface area contributed by atoms with Gasteiger partial charge in [-0.2, -0.15) is 0 Å². The fourth-order valence-electron chi connectivity index (χ4n) is 2.87. The summed E-state index contributed by atoms with van der Waals surface area (Å²) in [6, 6.07) is 11.9. The van der Waals surface area contributed by atoms with E-state index in [1.807, 2.05) is 46.7 Å². The largest absolute Gasteiger partial charge is 0.317 e. The van der Waals surface area contributed by atoms with Gasteiger partial charge >= 0.3 is 0 Å². The van der Waals surface area contributed by atoms with E-state index in [-0.39, 0.29) is 11.9 Å². The van der Waals surface area contributed by atoms with Gasteiger partial charge in [0.1, 0.15) is 0 Å². The van der Waals surface area contributed by atoms with Gasteiger partial charge in [0.25, 0.3) is 0 Å². The molecule has 1 aromatic heterocycles. The summed E-state index contributed by atoms with van der Waals surface area (Å²) < 4.78 is 0. The van der Waals surface area contributed by atoms with Crippen molar-refractivity contribution in [1.29, 1.82) is 0 Å². The van der Waals surface area contributed by atoms with Gasteiger partial charge in [0.2, 0.25) is 5.91 Å². The standard InChI is InChI=1S/C17H19ClN2OS/c18-13-3-5-14(6-4-13)20(15-7-9-19-10-8-15)17(21)12-16-2-1-11-22-16/h1-6,11,15,19H,7-10,12H2. The first kappa shape index (κ1) is 15.5. The van der Waals surface area contributed by atoms with Crippen LogP contribution in [0.3, 0.4) is 0 Å². The molecule has 1 aromatic carbocycles. The van der Waals surface area contributed by atoms with Crippen LogP contribution in [0.5, 0.6) is 0 Å². The van der Waals surface area contributed by atoms with E-state index in [1.54, 1.807) is 11.3 Å². The maximum absolute atomic E-state index is 12.9. The molecule has 0 aliphatic carbocycles. The maximum atomic E-state index is 12.9. The molecule has 0 unspecified atom stereocenters. The molecule has 1 saturated heterocycles. The Morgan fingerprint density at radius 3 is 2.59 bits per heavy atom. The molecule has 0 saturated carbocycles. The molecule has 3 nitrogen and oxygen atoms in total. The number of carbonyl (C=O) groups excluding carboxylic acids is 1. The van der Waals surface area contributed by atoms with Gasteiger partial charge in [0.05, 0.1) is 6.42 Å². The highest BCUT2D eigenvalue weighted by Crippen LogP contribution is 2.25. The Hall–Kier alpha value is -1.36. The van der Waals surface area contributed by atoms with Gasteiger partial charge in [-0.3, -0.25) is 4.79 Å². The summed E-state index contributed by atoms with van der Waals surface area (Å²) in [5.41, 5.74) is 0.942. The average Bonchev–Trinajstić information content (AvgIpc) is 3.03. The first-order valence-electron chi connectivity index (χ1n) is 7.55. The van der Waals surface area contributed by atoms with E-state index in [0.29, 0.717) is 11.4 Å². The molecule has 22 heavy (non-hydrogen) atoms. The SMILES string of the molecule is O=C(Cc1cccs1)N(c1ccc(Cl)cc1)C1CCNCC1. The van der Waals surface area contributed by atoms with E-state index in [9.17, 15) is 4.79 Å². The molecule has 0 spiro atoms. The van der Waals surface area contributed by atoms with Crippen molar-refractivity contribution in [3.05, 3.63) is 51.7 Å². The highest BCUT2D eigenvalue weighted by molar-refractivity contribution is 7.10. The first-order valence-corrected chi connectivity index (χ1v) is 8.80. The third-order valence-electron chi connectivity index (χ3n) is 3.95. The molecule has 3 rings (SSSR count). The Morgan fingerprint density at radius 2 is 1.95 bits per heavy atom. The second kappa shape index (κ2) is 7.27. The van der Waals surface area contributed by atoms with Crippen LogP contribution in [0, 0.1) is 0 Å². The third kappa shape index (κ3) is 3.69. The van der Waals surface area contributed by atoms with Gasteiger partial charge in [0, 0.05) is 21.6 Å². The molecule has 1 aliphatic heterocycles. The molecule has 0 radical (unpaired) electrons. The third-order valence-corrected chi connectivity index (χ3v) is 5.08. The fraction of sp³-hybridized carbons (Fsp3) is 0.353. The summed E-state index contributed by atoms with van der Waals surface area (Å²) in [6.07, 6.45) is 2.43. The second-order valence-corrected chi connectivity index (χ2v) is 6.95. The Bertz CT molecular complexity index is 606. The summed E-state index contributed by atoms with van der Waals surface area (Å²) in [4.78, 5) is 16.0. The molecule has 1 aliphatic rings. The second-order valence-electron chi connectivity index (χ2n) is 5.48. The van der Waals surface area contributed by atoms with Gasteiger partial charge in [-0.25, -0.2) is 0 Å². The molecule has 0 atom stereocenters. The van der Waals surface area contributed by atoms with E-state index in [4.69, 9.17) is 11.6 Å². The number of nitrogens with one attached hydrogen (secondary N) is 1. The molecule has 2 heterocycles. The van der Waals surface area contributed by atoms with Crippen molar-refractivity contribution >= 4 is 34.5 Å². The predicted molar refractivity (Wildman–Crippen MR) is 92.9 cm³/mol. The number of rotatable bonds is 4.